The Balaban J connectivity index is 2.02. The van der Waals surface area contributed by atoms with Gasteiger partial charge in [-0.2, -0.15) is 0 Å². The van der Waals surface area contributed by atoms with Crippen LogP contribution in [0.5, 0.6) is 0 Å². The third-order valence-electron chi connectivity index (χ3n) is 3.76. The van der Waals surface area contributed by atoms with Crippen molar-refractivity contribution in [2.75, 3.05) is 4.72 Å². The number of sulfonamides is 1. The zero-order valence-electron chi connectivity index (χ0n) is 12.6. The Morgan fingerprint density at radius 1 is 0.913 bits per heavy atom. The van der Waals surface area contributed by atoms with E-state index in [1.54, 1.807) is 24.3 Å². The number of benzene rings is 3. The zero-order valence-corrected chi connectivity index (χ0v) is 14.2. The second-order valence-electron chi connectivity index (χ2n) is 5.24. The first-order valence-corrected chi connectivity index (χ1v) is 9.16. The predicted octanol–water partition coefficient (Wildman–Crippen LogP) is 4.86. The lowest BCUT2D eigenvalue weighted by atomic mass is 10.1. The van der Waals surface area contributed by atoms with Crippen molar-refractivity contribution >= 4 is 38.1 Å². The summed E-state index contributed by atoms with van der Waals surface area (Å²) in [6, 6.07) is 17.7. The molecule has 0 saturated carbocycles. The van der Waals surface area contributed by atoms with Crippen molar-refractivity contribution in [3.05, 3.63) is 71.2 Å². The molecule has 23 heavy (non-hydrogen) atoms. The number of hydrogen-bond donors (Lipinski definition) is 1. The lowest BCUT2D eigenvalue weighted by Crippen LogP contribution is -2.13. The minimum Gasteiger partial charge on any atom is -0.279 e. The molecule has 0 radical (unpaired) electrons. The molecule has 1 N–H and O–H groups in total. The zero-order chi connectivity index (χ0) is 16.4. The van der Waals surface area contributed by atoms with Gasteiger partial charge in [0.2, 0.25) is 0 Å². The molecule has 5 heteroatoms. The maximum atomic E-state index is 12.6. The lowest BCUT2D eigenvalue weighted by Gasteiger charge is -2.12. The van der Waals surface area contributed by atoms with Crippen LogP contribution in [0.4, 0.5) is 5.69 Å². The van der Waals surface area contributed by atoms with Gasteiger partial charge in [-0.1, -0.05) is 54.9 Å². The summed E-state index contributed by atoms with van der Waals surface area (Å²) in [6.07, 6.45) is 0.871. The Kier molecular flexibility index (Phi) is 4.28. The van der Waals surface area contributed by atoms with Crippen molar-refractivity contribution in [3.8, 4) is 0 Å². The molecule has 0 fully saturated rings. The van der Waals surface area contributed by atoms with Gasteiger partial charge in [-0.3, -0.25) is 4.72 Å². The van der Waals surface area contributed by atoms with E-state index in [1.165, 1.54) is 0 Å². The second-order valence-corrected chi connectivity index (χ2v) is 7.33. The van der Waals surface area contributed by atoms with E-state index in [-0.39, 0.29) is 4.90 Å². The Hall–Kier alpha value is -2.04. The van der Waals surface area contributed by atoms with Crippen LogP contribution in [0.1, 0.15) is 12.5 Å². The molecule has 0 spiro atoms. The normalized spacial score (nSPS) is 11.6. The van der Waals surface area contributed by atoms with Crippen LogP contribution in [0, 0.1) is 0 Å². The van der Waals surface area contributed by atoms with Crippen LogP contribution in [0.3, 0.4) is 0 Å². The molecule has 0 aliphatic heterocycles. The Bertz CT molecular complexity index is 950. The van der Waals surface area contributed by atoms with Gasteiger partial charge in [0.05, 0.1) is 10.6 Å². The summed E-state index contributed by atoms with van der Waals surface area (Å²) in [4.78, 5) is 0.244. The van der Waals surface area contributed by atoms with Crippen LogP contribution in [-0.2, 0) is 16.4 Å². The molecule has 0 bridgehead atoms. The van der Waals surface area contributed by atoms with Crippen molar-refractivity contribution in [2.45, 2.75) is 18.2 Å². The Morgan fingerprint density at radius 2 is 1.57 bits per heavy atom. The average Bonchev–Trinajstić information content (AvgIpc) is 2.58. The Morgan fingerprint density at radius 3 is 2.22 bits per heavy atom. The highest BCUT2D eigenvalue weighted by Crippen LogP contribution is 2.31. The number of nitrogens with one attached hydrogen (secondary N) is 1. The third-order valence-corrected chi connectivity index (χ3v) is 5.47. The van der Waals surface area contributed by atoms with E-state index in [1.807, 2.05) is 43.3 Å². The maximum absolute atomic E-state index is 12.6. The van der Waals surface area contributed by atoms with Crippen LogP contribution in [0.2, 0.25) is 5.02 Å². The topological polar surface area (TPSA) is 46.2 Å². The first kappa shape index (κ1) is 15.8. The van der Waals surface area contributed by atoms with Crippen molar-refractivity contribution in [3.63, 3.8) is 0 Å². The van der Waals surface area contributed by atoms with Crippen molar-refractivity contribution in [2.24, 2.45) is 0 Å². The van der Waals surface area contributed by atoms with Crippen molar-refractivity contribution in [1.29, 1.82) is 0 Å². The molecule has 3 rings (SSSR count). The summed E-state index contributed by atoms with van der Waals surface area (Å²) in [7, 11) is -3.64. The molecule has 0 aliphatic rings. The molecule has 0 aliphatic carbocycles. The fourth-order valence-corrected chi connectivity index (χ4v) is 3.77. The molecule has 0 saturated heterocycles. The molecular formula is C18H16ClNO2S. The van der Waals surface area contributed by atoms with E-state index in [0.717, 1.165) is 22.8 Å². The molecule has 0 unspecified atom stereocenters. The van der Waals surface area contributed by atoms with Crippen LogP contribution in [-0.4, -0.2) is 8.42 Å². The van der Waals surface area contributed by atoms with Gasteiger partial charge in [0.1, 0.15) is 0 Å². The molecule has 3 aromatic carbocycles. The summed E-state index contributed by atoms with van der Waals surface area (Å²) < 4.78 is 27.8. The molecule has 3 aromatic rings. The number of halogens is 1. The quantitative estimate of drug-likeness (QED) is 0.734. The van der Waals surface area contributed by atoms with Crippen molar-refractivity contribution < 1.29 is 8.42 Å². The predicted molar refractivity (Wildman–Crippen MR) is 95.6 cm³/mol. The highest BCUT2D eigenvalue weighted by molar-refractivity contribution is 7.92. The van der Waals surface area contributed by atoms with Gasteiger partial charge in [-0.15, -0.1) is 0 Å². The van der Waals surface area contributed by atoms with Gasteiger partial charge < -0.3 is 0 Å². The highest BCUT2D eigenvalue weighted by atomic mass is 35.5. The maximum Gasteiger partial charge on any atom is 0.261 e. The van der Waals surface area contributed by atoms with Gasteiger partial charge >= 0.3 is 0 Å². The first-order chi connectivity index (χ1) is 11.0. The van der Waals surface area contributed by atoms with Gasteiger partial charge in [0.25, 0.3) is 10.0 Å². The minimum atomic E-state index is -3.64. The minimum absolute atomic E-state index is 0.244. The second kappa shape index (κ2) is 6.22. The largest absolute Gasteiger partial charge is 0.279 e. The molecular weight excluding hydrogens is 330 g/mol. The van der Waals surface area contributed by atoms with Crippen LogP contribution >= 0.6 is 11.6 Å². The lowest BCUT2D eigenvalue weighted by molar-refractivity contribution is 0.601. The van der Waals surface area contributed by atoms with E-state index in [9.17, 15) is 8.42 Å². The van der Waals surface area contributed by atoms with E-state index in [4.69, 9.17) is 11.6 Å². The smallest absolute Gasteiger partial charge is 0.261 e. The van der Waals surface area contributed by atoms with Gasteiger partial charge in [-0.05, 0) is 36.2 Å². The molecule has 118 valence electrons. The third kappa shape index (κ3) is 3.19. The van der Waals surface area contributed by atoms with Crippen LogP contribution < -0.4 is 4.72 Å². The number of anilines is 1. The van der Waals surface area contributed by atoms with E-state index in [2.05, 4.69) is 4.72 Å². The van der Waals surface area contributed by atoms with Gasteiger partial charge in [0, 0.05) is 15.8 Å². The SMILES string of the molecule is CCc1ccc(S(=O)(=O)Nc2ccc(Cl)c3ccccc23)cc1. The summed E-state index contributed by atoms with van der Waals surface area (Å²) >= 11 is 6.17. The monoisotopic (exact) mass is 345 g/mol. The molecule has 0 heterocycles. The van der Waals surface area contributed by atoms with Crippen LogP contribution in [0.25, 0.3) is 10.8 Å². The molecule has 0 amide bonds. The fourth-order valence-electron chi connectivity index (χ4n) is 2.46. The van der Waals surface area contributed by atoms with Gasteiger partial charge in [0.15, 0.2) is 0 Å². The summed E-state index contributed by atoms with van der Waals surface area (Å²) in [6.45, 7) is 2.03. The van der Waals surface area contributed by atoms with Crippen molar-refractivity contribution in [1.82, 2.24) is 0 Å². The van der Waals surface area contributed by atoms with Gasteiger partial charge in [-0.25, -0.2) is 8.42 Å². The molecule has 3 nitrogen and oxygen atoms in total. The number of hydrogen-bond acceptors (Lipinski definition) is 2. The fraction of sp³-hybridized carbons (Fsp3) is 0.111. The molecule has 0 aromatic heterocycles. The molecule has 0 atom stereocenters. The highest BCUT2D eigenvalue weighted by Gasteiger charge is 2.16. The van der Waals surface area contributed by atoms with E-state index < -0.39 is 10.0 Å². The standard InChI is InChI=1S/C18H16ClNO2S/c1-2-13-7-9-14(10-8-13)23(21,22)20-18-12-11-17(19)15-5-3-4-6-16(15)18/h3-12,20H,2H2,1H3. The summed E-state index contributed by atoms with van der Waals surface area (Å²) in [5, 5.41) is 2.18. The van der Waals surface area contributed by atoms with Crippen LogP contribution in [0.15, 0.2) is 65.6 Å². The number of fused-ring (bicyclic) bond motifs is 1. The summed E-state index contributed by atoms with van der Waals surface area (Å²) in [5.74, 6) is 0. The number of rotatable bonds is 4. The number of aryl methyl sites for hydroxylation is 1. The van der Waals surface area contributed by atoms with E-state index >= 15 is 0 Å². The summed E-state index contributed by atoms with van der Waals surface area (Å²) in [5.41, 5.74) is 1.62. The average molecular weight is 346 g/mol. The first-order valence-electron chi connectivity index (χ1n) is 7.30. The van der Waals surface area contributed by atoms with E-state index in [0.29, 0.717) is 10.7 Å². The Labute approximate surface area is 141 Å².